The summed E-state index contributed by atoms with van der Waals surface area (Å²) in [7, 11) is 0. The van der Waals surface area contributed by atoms with Crippen LogP contribution in [0.15, 0.2) is 22.6 Å². The third-order valence-corrected chi connectivity index (χ3v) is 4.44. The molecule has 1 saturated carbocycles. The molecule has 0 radical (unpaired) electrons. The van der Waals surface area contributed by atoms with E-state index >= 15 is 0 Å². The van der Waals surface area contributed by atoms with Crippen molar-refractivity contribution in [2.45, 2.75) is 45.1 Å². The number of fused-ring (bicyclic) bond motifs is 1. The van der Waals surface area contributed by atoms with Crippen molar-refractivity contribution < 1.29 is 14.3 Å². The van der Waals surface area contributed by atoms with E-state index in [-0.39, 0.29) is 18.5 Å². The Morgan fingerprint density at radius 3 is 2.87 bits per heavy atom. The molecule has 1 atom stereocenters. The van der Waals surface area contributed by atoms with Gasteiger partial charge in [0.2, 0.25) is 0 Å². The number of aromatic nitrogens is 1. The molecule has 0 bridgehead atoms. The Kier molecular flexibility index (Phi) is 4.02. The first kappa shape index (κ1) is 15.8. The minimum Gasteiger partial charge on any atom is -0.440 e. The fraction of sp³-hybridized carbons (Fsp3) is 0.529. The van der Waals surface area contributed by atoms with Gasteiger partial charge in [0.1, 0.15) is 5.52 Å². The lowest BCUT2D eigenvalue weighted by molar-refractivity contribution is 0.0170. The van der Waals surface area contributed by atoms with E-state index in [1.807, 2.05) is 19.9 Å². The quantitative estimate of drug-likeness (QED) is 0.790. The van der Waals surface area contributed by atoms with Crippen LogP contribution < -0.4 is 10.6 Å². The van der Waals surface area contributed by atoms with Gasteiger partial charge in [-0.1, -0.05) is 13.8 Å². The molecule has 1 aliphatic carbocycles. The van der Waals surface area contributed by atoms with Gasteiger partial charge in [-0.25, -0.2) is 9.78 Å². The molecule has 1 fully saturated rings. The topological polar surface area (TPSA) is 87.4 Å². The van der Waals surface area contributed by atoms with Crippen molar-refractivity contribution in [1.82, 2.24) is 10.3 Å². The van der Waals surface area contributed by atoms with Gasteiger partial charge in [-0.05, 0) is 37.8 Å². The maximum absolute atomic E-state index is 12.0. The number of nitrogens with zero attached hydrogens (tertiary/aromatic N) is 1. The lowest BCUT2D eigenvalue weighted by Crippen LogP contribution is -2.45. The van der Waals surface area contributed by atoms with E-state index in [0.717, 1.165) is 24.2 Å². The number of anilines is 1. The summed E-state index contributed by atoms with van der Waals surface area (Å²) in [5.41, 5.74) is 1.18. The Balaban J connectivity index is 1.63. The molecule has 1 heterocycles. The predicted molar refractivity (Wildman–Crippen MR) is 88.5 cm³/mol. The number of oxazole rings is 1. The Bertz CT molecular complexity index is 717. The number of hydrogen-bond donors (Lipinski definition) is 3. The van der Waals surface area contributed by atoms with Crippen molar-refractivity contribution in [2.75, 3.05) is 11.9 Å². The van der Waals surface area contributed by atoms with E-state index in [1.165, 1.54) is 0 Å². The van der Waals surface area contributed by atoms with Crippen LogP contribution in [-0.4, -0.2) is 28.3 Å². The van der Waals surface area contributed by atoms with Crippen molar-refractivity contribution >= 4 is 22.8 Å². The summed E-state index contributed by atoms with van der Waals surface area (Å²) < 4.78 is 5.74. The van der Waals surface area contributed by atoms with Crippen LogP contribution in [0.5, 0.6) is 0 Å². The van der Waals surface area contributed by atoms with Gasteiger partial charge < -0.3 is 20.2 Å². The van der Waals surface area contributed by atoms with Gasteiger partial charge >= 0.3 is 6.03 Å². The highest BCUT2D eigenvalue weighted by Gasteiger charge is 2.29. The van der Waals surface area contributed by atoms with Crippen LogP contribution in [0.3, 0.4) is 0 Å². The summed E-state index contributed by atoms with van der Waals surface area (Å²) in [5, 5.41) is 15.6. The largest absolute Gasteiger partial charge is 0.440 e. The second-order valence-corrected chi connectivity index (χ2v) is 6.83. The molecule has 2 amide bonds. The lowest BCUT2D eigenvalue weighted by Gasteiger charge is -2.27. The zero-order valence-corrected chi connectivity index (χ0v) is 13.7. The summed E-state index contributed by atoms with van der Waals surface area (Å²) in [5.74, 6) is 1.30. The molecule has 1 aromatic carbocycles. The van der Waals surface area contributed by atoms with Crippen LogP contribution in [0.4, 0.5) is 10.5 Å². The molecule has 3 N–H and O–H groups in total. The monoisotopic (exact) mass is 317 g/mol. The minimum absolute atomic E-state index is 0.0502. The average Bonchev–Trinajstić information content (AvgIpc) is 3.25. The molecule has 124 valence electrons. The third kappa shape index (κ3) is 3.64. The van der Waals surface area contributed by atoms with Gasteiger partial charge in [0.05, 0.1) is 5.60 Å². The second kappa shape index (κ2) is 5.85. The molecule has 1 aromatic heterocycles. The summed E-state index contributed by atoms with van der Waals surface area (Å²) >= 11 is 0. The zero-order chi connectivity index (χ0) is 16.6. The fourth-order valence-electron chi connectivity index (χ4n) is 2.16. The van der Waals surface area contributed by atoms with Crippen LogP contribution >= 0.6 is 0 Å². The van der Waals surface area contributed by atoms with Gasteiger partial charge in [-0.2, -0.15) is 0 Å². The number of urea groups is 1. The van der Waals surface area contributed by atoms with Crippen molar-refractivity contribution in [3.8, 4) is 0 Å². The SMILES string of the molecule is CC(C)C(C)(O)CNC(=O)Nc1ccc2nc(C3CC3)oc2c1. The van der Waals surface area contributed by atoms with Crippen molar-refractivity contribution in [3.05, 3.63) is 24.1 Å². The van der Waals surface area contributed by atoms with E-state index in [1.54, 1.807) is 19.1 Å². The first-order valence-electron chi connectivity index (χ1n) is 8.03. The highest BCUT2D eigenvalue weighted by molar-refractivity contribution is 5.91. The molecular weight excluding hydrogens is 294 g/mol. The highest BCUT2D eigenvalue weighted by Crippen LogP contribution is 2.40. The van der Waals surface area contributed by atoms with Gasteiger partial charge in [-0.15, -0.1) is 0 Å². The number of aliphatic hydroxyl groups is 1. The summed E-state index contributed by atoms with van der Waals surface area (Å²) in [6.07, 6.45) is 2.27. The zero-order valence-electron chi connectivity index (χ0n) is 13.7. The second-order valence-electron chi connectivity index (χ2n) is 6.83. The van der Waals surface area contributed by atoms with E-state index < -0.39 is 5.60 Å². The van der Waals surface area contributed by atoms with E-state index in [2.05, 4.69) is 15.6 Å². The average molecular weight is 317 g/mol. The van der Waals surface area contributed by atoms with Gasteiger partial charge in [0, 0.05) is 24.2 Å². The number of amides is 2. The van der Waals surface area contributed by atoms with Gasteiger partial charge in [0.15, 0.2) is 11.5 Å². The molecule has 6 heteroatoms. The van der Waals surface area contributed by atoms with Crippen LogP contribution in [0.1, 0.15) is 45.4 Å². The molecule has 0 spiro atoms. The van der Waals surface area contributed by atoms with Crippen LogP contribution in [0.2, 0.25) is 0 Å². The standard InChI is InChI=1S/C17H23N3O3/c1-10(2)17(3,22)9-18-16(21)19-12-6-7-13-14(8-12)23-15(20-13)11-4-5-11/h6-8,10-11,22H,4-5,9H2,1-3H3,(H2,18,19,21). The van der Waals surface area contributed by atoms with Crippen LogP contribution in [-0.2, 0) is 0 Å². The van der Waals surface area contributed by atoms with Crippen molar-refractivity contribution in [1.29, 1.82) is 0 Å². The fourth-order valence-corrected chi connectivity index (χ4v) is 2.16. The maximum Gasteiger partial charge on any atom is 0.319 e. The minimum atomic E-state index is -0.939. The normalized spacial score (nSPS) is 17.3. The summed E-state index contributed by atoms with van der Waals surface area (Å²) in [6.45, 7) is 5.72. The smallest absolute Gasteiger partial charge is 0.319 e. The molecule has 23 heavy (non-hydrogen) atoms. The van der Waals surface area contributed by atoms with E-state index in [9.17, 15) is 9.90 Å². The van der Waals surface area contributed by atoms with E-state index in [4.69, 9.17) is 4.42 Å². The number of rotatable bonds is 5. The first-order valence-corrected chi connectivity index (χ1v) is 8.03. The lowest BCUT2D eigenvalue weighted by atomic mass is 9.93. The van der Waals surface area contributed by atoms with Crippen molar-refractivity contribution in [2.24, 2.45) is 5.92 Å². The number of hydrogen-bond acceptors (Lipinski definition) is 4. The Labute approximate surface area is 135 Å². The Morgan fingerprint density at radius 1 is 1.48 bits per heavy atom. The molecule has 3 rings (SSSR count). The first-order chi connectivity index (χ1) is 10.8. The Morgan fingerprint density at radius 2 is 2.22 bits per heavy atom. The van der Waals surface area contributed by atoms with Gasteiger partial charge in [0.25, 0.3) is 0 Å². The summed E-state index contributed by atoms with van der Waals surface area (Å²) in [4.78, 5) is 16.4. The van der Waals surface area contributed by atoms with Crippen LogP contribution in [0.25, 0.3) is 11.1 Å². The molecule has 1 aliphatic rings. The van der Waals surface area contributed by atoms with Crippen molar-refractivity contribution in [3.63, 3.8) is 0 Å². The maximum atomic E-state index is 12.0. The predicted octanol–water partition coefficient (Wildman–Crippen LogP) is 3.23. The van der Waals surface area contributed by atoms with Crippen LogP contribution in [0, 0.1) is 5.92 Å². The molecule has 0 saturated heterocycles. The molecule has 0 aliphatic heterocycles. The van der Waals surface area contributed by atoms with E-state index in [0.29, 0.717) is 17.2 Å². The number of carbonyl (C=O) groups is 1. The summed E-state index contributed by atoms with van der Waals surface area (Å²) in [6, 6.07) is 5.05. The number of nitrogens with one attached hydrogen (secondary N) is 2. The number of benzene rings is 1. The molecule has 2 aromatic rings. The molecular formula is C17H23N3O3. The van der Waals surface area contributed by atoms with Gasteiger partial charge in [-0.3, -0.25) is 0 Å². The highest BCUT2D eigenvalue weighted by atomic mass is 16.3. The molecule has 6 nitrogen and oxygen atoms in total. The number of carbonyl (C=O) groups excluding carboxylic acids is 1. The Hall–Kier alpha value is -2.08. The molecule has 1 unspecified atom stereocenters. The third-order valence-electron chi connectivity index (χ3n) is 4.44.